The molecule has 11 heavy (non-hydrogen) atoms. The highest BCUT2D eigenvalue weighted by Gasteiger charge is 2.04. The Hall–Kier alpha value is -0.0800. The third kappa shape index (κ3) is 5.22. The lowest BCUT2D eigenvalue weighted by Gasteiger charge is -2.24. The summed E-state index contributed by atoms with van der Waals surface area (Å²) in [7, 11) is 0. The van der Waals surface area contributed by atoms with E-state index in [-0.39, 0.29) is 0 Å². The lowest BCUT2D eigenvalue weighted by atomic mass is 10.3. The zero-order chi connectivity index (χ0) is 8.69. The van der Waals surface area contributed by atoms with Crippen molar-refractivity contribution in [2.45, 2.75) is 33.7 Å². The summed E-state index contributed by atoms with van der Waals surface area (Å²) in [6.45, 7) is 12.5. The molecule has 0 bridgehead atoms. The topological polar surface area (TPSA) is 12.5 Å². The molecule has 0 radical (unpaired) electrons. The highest BCUT2D eigenvalue weighted by molar-refractivity contribution is 4.59. The molecule has 0 saturated carbocycles. The molecule has 0 aliphatic rings. The molecule has 0 saturated heterocycles. The normalized spacial score (nSPS) is 11.5. The summed E-state index contributed by atoms with van der Waals surface area (Å²) in [4.78, 5) is 2.40. The number of likely N-dealkylation sites (N-methyl/N-ethyl adjacent to an activating group) is 1. The largest absolute Gasteiger partial charge is 0.380 e. The molecule has 0 aliphatic carbocycles. The second kappa shape index (κ2) is 6.62. The van der Waals surface area contributed by atoms with E-state index in [1.165, 1.54) is 0 Å². The fourth-order valence-electron chi connectivity index (χ4n) is 1.11. The maximum Gasteiger partial charge on any atom is 0.0593 e. The SMILES string of the molecule is CCOCCN(CC)C(C)C. The third-order valence-electron chi connectivity index (χ3n) is 1.86. The Morgan fingerprint density at radius 2 is 1.91 bits per heavy atom. The van der Waals surface area contributed by atoms with Crippen LogP contribution in [0.15, 0.2) is 0 Å². The molecule has 0 aliphatic heterocycles. The van der Waals surface area contributed by atoms with E-state index < -0.39 is 0 Å². The molecule has 0 amide bonds. The van der Waals surface area contributed by atoms with Crippen molar-refractivity contribution in [3.8, 4) is 0 Å². The molecular weight excluding hydrogens is 138 g/mol. The summed E-state index contributed by atoms with van der Waals surface area (Å²) in [5.74, 6) is 0. The van der Waals surface area contributed by atoms with Gasteiger partial charge in [-0.25, -0.2) is 0 Å². The molecular formula is C9H21NO. The van der Waals surface area contributed by atoms with Gasteiger partial charge in [-0.2, -0.15) is 0 Å². The van der Waals surface area contributed by atoms with Gasteiger partial charge in [0.2, 0.25) is 0 Å². The smallest absolute Gasteiger partial charge is 0.0593 e. The number of hydrogen-bond acceptors (Lipinski definition) is 2. The second-order valence-electron chi connectivity index (χ2n) is 2.92. The summed E-state index contributed by atoms with van der Waals surface area (Å²) >= 11 is 0. The van der Waals surface area contributed by atoms with E-state index >= 15 is 0 Å². The van der Waals surface area contributed by atoms with Gasteiger partial charge >= 0.3 is 0 Å². The zero-order valence-corrected chi connectivity index (χ0v) is 8.26. The van der Waals surface area contributed by atoms with Gasteiger partial charge in [-0.3, -0.25) is 4.90 Å². The van der Waals surface area contributed by atoms with Crippen molar-refractivity contribution >= 4 is 0 Å². The summed E-state index contributed by atoms with van der Waals surface area (Å²) in [5.41, 5.74) is 0. The lowest BCUT2D eigenvalue weighted by Crippen LogP contribution is -2.33. The van der Waals surface area contributed by atoms with E-state index in [2.05, 4.69) is 25.7 Å². The molecule has 2 heteroatoms. The fourth-order valence-corrected chi connectivity index (χ4v) is 1.11. The highest BCUT2D eigenvalue weighted by Crippen LogP contribution is 1.96. The Morgan fingerprint density at radius 3 is 2.27 bits per heavy atom. The van der Waals surface area contributed by atoms with Crippen molar-refractivity contribution in [3.05, 3.63) is 0 Å². The van der Waals surface area contributed by atoms with Crippen LogP contribution in [0.5, 0.6) is 0 Å². The first-order valence-corrected chi connectivity index (χ1v) is 4.54. The van der Waals surface area contributed by atoms with E-state index in [1.807, 2.05) is 6.92 Å². The molecule has 0 spiro atoms. The maximum absolute atomic E-state index is 5.27. The standard InChI is InChI=1S/C9H21NO/c1-5-10(9(3)4)7-8-11-6-2/h9H,5-8H2,1-4H3. The Bertz CT molecular complexity index is 83.6. The Balaban J connectivity index is 3.36. The van der Waals surface area contributed by atoms with Crippen LogP contribution < -0.4 is 0 Å². The van der Waals surface area contributed by atoms with Gasteiger partial charge in [-0.1, -0.05) is 6.92 Å². The number of ether oxygens (including phenoxy) is 1. The van der Waals surface area contributed by atoms with Crippen LogP contribution in [-0.2, 0) is 4.74 Å². The highest BCUT2D eigenvalue weighted by atomic mass is 16.5. The predicted molar refractivity (Wildman–Crippen MR) is 48.9 cm³/mol. The average molecular weight is 159 g/mol. The Labute approximate surface area is 70.5 Å². The van der Waals surface area contributed by atoms with Gasteiger partial charge in [-0.15, -0.1) is 0 Å². The average Bonchev–Trinajstić information content (AvgIpc) is 1.97. The number of nitrogens with zero attached hydrogens (tertiary/aromatic N) is 1. The fraction of sp³-hybridized carbons (Fsp3) is 1.00. The molecule has 2 nitrogen and oxygen atoms in total. The summed E-state index contributed by atoms with van der Waals surface area (Å²) in [6.07, 6.45) is 0. The number of hydrogen-bond donors (Lipinski definition) is 0. The van der Waals surface area contributed by atoms with Crippen LogP contribution in [0.3, 0.4) is 0 Å². The molecule has 0 fully saturated rings. The molecule has 68 valence electrons. The van der Waals surface area contributed by atoms with Crippen molar-refractivity contribution in [1.29, 1.82) is 0 Å². The molecule has 0 N–H and O–H groups in total. The van der Waals surface area contributed by atoms with Crippen molar-refractivity contribution in [2.75, 3.05) is 26.3 Å². The van der Waals surface area contributed by atoms with E-state index in [0.717, 1.165) is 26.3 Å². The molecule has 0 atom stereocenters. The van der Waals surface area contributed by atoms with Crippen LogP contribution in [-0.4, -0.2) is 37.2 Å². The minimum Gasteiger partial charge on any atom is -0.380 e. The lowest BCUT2D eigenvalue weighted by molar-refractivity contribution is 0.104. The van der Waals surface area contributed by atoms with Crippen LogP contribution >= 0.6 is 0 Å². The molecule has 0 aromatic heterocycles. The van der Waals surface area contributed by atoms with Gasteiger partial charge in [0.25, 0.3) is 0 Å². The minimum absolute atomic E-state index is 0.639. The zero-order valence-electron chi connectivity index (χ0n) is 8.26. The first-order chi connectivity index (χ1) is 5.22. The molecule has 0 rings (SSSR count). The summed E-state index contributed by atoms with van der Waals surface area (Å²) in [6, 6.07) is 0.639. The Kier molecular flexibility index (Phi) is 6.57. The third-order valence-corrected chi connectivity index (χ3v) is 1.86. The van der Waals surface area contributed by atoms with Gasteiger partial charge in [0.1, 0.15) is 0 Å². The number of rotatable bonds is 6. The van der Waals surface area contributed by atoms with Crippen LogP contribution in [0, 0.1) is 0 Å². The predicted octanol–water partition coefficient (Wildman–Crippen LogP) is 1.75. The Morgan fingerprint density at radius 1 is 1.27 bits per heavy atom. The van der Waals surface area contributed by atoms with Crippen LogP contribution in [0.25, 0.3) is 0 Å². The van der Waals surface area contributed by atoms with Gasteiger partial charge in [0, 0.05) is 19.2 Å². The van der Waals surface area contributed by atoms with Crippen molar-refractivity contribution < 1.29 is 4.74 Å². The summed E-state index contributed by atoms with van der Waals surface area (Å²) < 4.78 is 5.27. The van der Waals surface area contributed by atoms with E-state index in [9.17, 15) is 0 Å². The van der Waals surface area contributed by atoms with Crippen LogP contribution in [0.2, 0.25) is 0 Å². The molecule has 0 aromatic carbocycles. The van der Waals surface area contributed by atoms with Gasteiger partial charge in [0.05, 0.1) is 6.61 Å². The van der Waals surface area contributed by atoms with Crippen molar-refractivity contribution in [2.24, 2.45) is 0 Å². The van der Waals surface area contributed by atoms with Crippen LogP contribution in [0.4, 0.5) is 0 Å². The molecule has 0 heterocycles. The quantitative estimate of drug-likeness (QED) is 0.547. The maximum atomic E-state index is 5.27. The van der Waals surface area contributed by atoms with Crippen LogP contribution in [0.1, 0.15) is 27.7 Å². The van der Waals surface area contributed by atoms with Crippen molar-refractivity contribution in [3.63, 3.8) is 0 Å². The molecule has 0 unspecified atom stereocenters. The van der Waals surface area contributed by atoms with E-state index in [1.54, 1.807) is 0 Å². The summed E-state index contributed by atoms with van der Waals surface area (Å²) in [5, 5.41) is 0. The first kappa shape index (κ1) is 10.9. The monoisotopic (exact) mass is 159 g/mol. The van der Waals surface area contributed by atoms with Gasteiger partial charge < -0.3 is 4.74 Å². The van der Waals surface area contributed by atoms with E-state index in [0.29, 0.717) is 6.04 Å². The second-order valence-corrected chi connectivity index (χ2v) is 2.92. The van der Waals surface area contributed by atoms with E-state index in [4.69, 9.17) is 4.74 Å². The molecule has 0 aromatic rings. The minimum atomic E-state index is 0.639. The van der Waals surface area contributed by atoms with Crippen molar-refractivity contribution in [1.82, 2.24) is 4.90 Å². The van der Waals surface area contributed by atoms with Gasteiger partial charge in [-0.05, 0) is 27.3 Å². The first-order valence-electron chi connectivity index (χ1n) is 4.54. The van der Waals surface area contributed by atoms with Gasteiger partial charge in [0.15, 0.2) is 0 Å².